The lowest BCUT2D eigenvalue weighted by Crippen LogP contribution is -2.28. The fourth-order valence-corrected chi connectivity index (χ4v) is 4.40. The number of nitrogens with zero attached hydrogens (tertiary/aromatic N) is 1. The number of anilines is 1. The van der Waals surface area contributed by atoms with Crippen LogP contribution in [0.2, 0.25) is 0 Å². The van der Waals surface area contributed by atoms with Gasteiger partial charge in [0, 0.05) is 23.9 Å². The Morgan fingerprint density at radius 2 is 1.58 bits per heavy atom. The molecule has 196 valence electrons. The maximum atomic E-state index is 13.5. The molecule has 0 unspecified atom stereocenters. The first-order valence-electron chi connectivity index (χ1n) is 13.6. The van der Waals surface area contributed by atoms with Crippen molar-refractivity contribution in [3.05, 3.63) is 59.4 Å². The third kappa shape index (κ3) is 7.58. The molecule has 3 aromatic rings. The Hall–Kier alpha value is -2.83. The third-order valence-corrected chi connectivity index (χ3v) is 6.53. The van der Waals surface area contributed by atoms with Crippen LogP contribution in [0.1, 0.15) is 87.4 Å². The number of fused-ring (bicyclic) bond motifs is 1. The highest BCUT2D eigenvalue weighted by Crippen LogP contribution is 2.32. The highest BCUT2D eigenvalue weighted by Gasteiger charge is 2.22. The van der Waals surface area contributed by atoms with Gasteiger partial charge in [-0.3, -0.25) is 15.5 Å². The van der Waals surface area contributed by atoms with E-state index in [1.165, 1.54) is 25.7 Å². The zero-order valence-corrected chi connectivity index (χ0v) is 22.1. The normalized spacial score (nSPS) is 11.4. The molecule has 3 rings (SSSR count). The molecule has 0 aliphatic heterocycles. The van der Waals surface area contributed by atoms with Crippen molar-refractivity contribution in [2.75, 3.05) is 31.7 Å². The molecule has 0 fully saturated rings. The predicted molar refractivity (Wildman–Crippen MR) is 146 cm³/mol. The van der Waals surface area contributed by atoms with Crippen LogP contribution in [0, 0.1) is 0 Å². The summed E-state index contributed by atoms with van der Waals surface area (Å²) in [6.45, 7) is 10.6. The number of ketones is 1. The molecule has 36 heavy (non-hydrogen) atoms. The lowest BCUT2D eigenvalue weighted by atomic mass is 9.98. The lowest BCUT2D eigenvalue weighted by molar-refractivity contribution is 0.103. The van der Waals surface area contributed by atoms with E-state index < -0.39 is 0 Å². The quantitative estimate of drug-likeness (QED) is 0.115. The summed E-state index contributed by atoms with van der Waals surface area (Å²) in [5, 5.41) is 10.0. The van der Waals surface area contributed by atoms with E-state index in [1.807, 2.05) is 24.3 Å². The maximum Gasteiger partial charge on any atom is 0.197 e. The van der Waals surface area contributed by atoms with Gasteiger partial charge in [-0.25, -0.2) is 0 Å². The molecule has 2 aromatic carbocycles. The van der Waals surface area contributed by atoms with Crippen LogP contribution in [0.3, 0.4) is 0 Å². The Morgan fingerprint density at radius 3 is 2.22 bits per heavy atom. The largest absolute Gasteiger partial charge is 0.494 e. The molecule has 0 spiro atoms. The number of rotatable bonds is 17. The van der Waals surface area contributed by atoms with Crippen LogP contribution < -0.4 is 10.2 Å². The second kappa shape index (κ2) is 14.7. The Kier molecular flexibility index (Phi) is 11.3. The van der Waals surface area contributed by atoms with Gasteiger partial charge in [-0.2, -0.15) is 0 Å². The monoisotopic (exact) mass is 494 g/mol. The molecule has 1 heterocycles. The van der Waals surface area contributed by atoms with Crippen LogP contribution in [-0.4, -0.2) is 42.1 Å². The number of benzene rings is 2. The molecule has 2 N–H and O–H groups in total. The molecule has 0 aliphatic rings. The average Bonchev–Trinajstić information content (AvgIpc) is 3.28. The molecule has 0 amide bonds. The summed E-state index contributed by atoms with van der Waals surface area (Å²) in [7, 11) is 0. The summed E-state index contributed by atoms with van der Waals surface area (Å²) < 4.78 is 12.0. The maximum absolute atomic E-state index is 13.5. The summed E-state index contributed by atoms with van der Waals surface area (Å²) in [6.07, 6.45) is 8.55. The molecule has 0 aliphatic carbocycles. The highest BCUT2D eigenvalue weighted by molar-refractivity contribution is 6.17. The van der Waals surface area contributed by atoms with Crippen molar-refractivity contribution in [3.63, 3.8) is 0 Å². The van der Waals surface area contributed by atoms with E-state index in [0.29, 0.717) is 46.6 Å². The second-order valence-corrected chi connectivity index (χ2v) is 9.43. The van der Waals surface area contributed by atoms with Crippen molar-refractivity contribution < 1.29 is 19.2 Å². The van der Waals surface area contributed by atoms with E-state index in [-0.39, 0.29) is 5.78 Å². The Balaban J connectivity index is 1.65. The predicted octanol–water partition coefficient (Wildman–Crippen LogP) is 7.48. The van der Waals surface area contributed by atoms with Gasteiger partial charge >= 0.3 is 0 Å². The van der Waals surface area contributed by atoms with Gasteiger partial charge in [0.15, 0.2) is 5.78 Å². The van der Waals surface area contributed by atoms with Gasteiger partial charge in [-0.05, 0) is 81.2 Å². The molecule has 0 saturated carbocycles. The van der Waals surface area contributed by atoms with Gasteiger partial charge in [-0.15, -0.1) is 0 Å². The first-order chi connectivity index (χ1) is 17.6. The summed E-state index contributed by atoms with van der Waals surface area (Å²) in [6, 6.07) is 12.6. The fourth-order valence-electron chi connectivity index (χ4n) is 4.40. The minimum absolute atomic E-state index is 0.0796. The summed E-state index contributed by atoms with van der Waals surface area (Å²) >= 11 is 0. The number of ether oxygens (including phenoxy) is 1. The van der Waals surface area contributed by atoms with Crippen LogP contribution in [0.25, 0.3) is 11.0 Å². The SMILES string of the molecule is CCCCc1oc2ccc(NO)cc2c1C(=O)c1ccc(OCCCN(CCCC)CCCC)cc1. The topological polar surface area (TPSA) is 74.9 Å². The third-order valence-electron chi connectivity index (χ3n) is 6.53. The second-order valence-electron chi connectivity index (χ2n) is 9.43. The van der Waals surface area contributed by atoms with Crippen molar-refractivity contribution in [1.82, 2.24) is 4.90 Å². The summed E-state index contributed by atoms with van der Waals surface area (Å²) in [4.78, 5) is 16.1. The average molecular weight is 495 g/mol. The molecule has 1 aromatic heterocycles. The molecule has 0 saturated heterocycles. The smallest absolute Gasteiger partial charge is 0.197 e. The highest BCUT2D eigenvalue weighted by atomic mass is 16.5. The van der Waals surface area contributed by atoms with Gasteiger partial charge in [0.05, 0.1) is 17.9 Å². The van der Waals surface area contributed by atoms with Crippen molar-refractivity contribution in [2.24, 2.45) is 0 Å². The fraction of sp³-hybridized carbons (Fsp3) is 0.500. The number of hydrogen-bond donors (Lipinski definition) is 2. The zero-order valence-electron chi connectivity index (χ0n) is 22.1. The van der Waals surface area contributed by atoms with Crippen molar-refractivity contribution in [3.8, 4) is 5.75 Å². The lowest BCUT2D eigenvalue weighted by Gasteiger charge is -2.21. The van der Waals surface area contributed by atoms with Crippen LogP contribution in [-0.2, 0) is 6.42 Å². The Bertz CT molecular complexity index is 1070. The van der Waals surface area contributed by atoms with E-state index in [0.717, 1.165) is 44.6 Å². The van der Waals surface area contributed by atoms with E-state index in [1.54, 1.807) is 18.2 Å². The van der Waals surface area contributed by atoms with Crippen molar-refractivity contribution >= 4 is 22.4 Å². The minimum Gasteiger partial charge on any atom is -0.494 e. The number of nitrogens with one attached hydrogen (secondary N) is 1. The number of hydrogen-bond acceptors (Lipinski definition) is 6. The molecule has 6 heteroatoms. The van der Waals surface area contributed by atoms with E-state index in [2.05, 4.69) is 31.2 Å². The molecule has 6 nitrogen and oxygen atoms in total. The first kappa shape index (κ1) is 27.8. The van der Waals surface area contributed by atoms with Gasteiger partial charge in [0.25, 0.3) is 0 Å². The number of carbonyl (C=O) groups excluding carboxylic acids is 1. The van der Waals surface area contributed by atoms with Gasteiger partial charge in [-0.1, -0.05) is 40.0 Å². The summed E-state index contributed by atoms with van der Waals surface area (Å²) in [5.41, 5.74) is 4.50. The van der Waals surface area contributed by atoms with E-state index >= 15 is 0 Å². The van der Waals surface area contributed by atoms with E-state index in [9.17, 15) is 10.0 Å². The van der Waals surface area contributed by atoms with Gasteiger partial charge in [0.2, 0.25) is 0 Å². The Labute approximate surface area is 215 Å². The van der Waals surface area contributed by atoms with Crippen LogP contribution in [0.15, 0.2) is 46.9 Å². The van der Waals surface area contributed by atoms with Crippen molar-refractivity contribution in [2.45, 2.75) is 72.1 Å². The van der Waals surface area contributed by atoms with Crippen LogP contribution in [0.4, 0.5) is 5.69 Å². The van der Waals surface area contributed by atoms with Gasteiger partial charge in [0.1, 0.15) is 17.1 Å². The minimum atomic E-state index is -0.0796. The molecular formula is C30H42N2O4. The summed E-state index contributed by atoms with van der Waals surface area (Å²) in [5.74, 6) is 1.39. The Morgan fingerprint density at radius 1 is 0.917 bits per heavy atom. The molecule has 0 bridgehead atoms. The van der Waals surface area contributed by atoms with Gasteiger partial charge < -0.3 is 14.1 Å². The number of furan rings is 1. The van der Waals surface area contributed by atoms with Crippen molar-refractivity contribution in [1.29, 1.82) is 0 Å². The molecule has 0 atom stereocenters. The standard InChI is InChI=1S/C30H42N2O4/c1-4-7-11-28-29(26-22-24(31-34)14-17-27(26)36-28)30(33)23-12-15-25(16-13-23)35-21-10-20-32(18-8-5-2)19-9-6-3/h12-17,22,31,34H,4-11,18-21H2,1-3H3. The van der Waals surface area contributed by atoms with E-state index in [4.69, 9.17) is 9.15 Å². The molecule has 0 radical (unpaired) electrons. The molecular weight excluding hydrogens is 452 g/mol. The van der Waals surface area contributed by atoms with Crippen LogP contribution in [0.5, 0.6) is 5.75 Å². The number of unbranched alkanes of at least 4 members (excludes halogenated alkanes) is 3. The number of carbonyl (C=O) groups is 1. The first-order valence-corrected chi connectivity index (χ1v) is 13.6. The number of aryl methyl sites for hydroxylation is 1. The van der Waals surface area contributed by atoms with Crippen LogP contribution >= 0.6 is 0 Å². The zero-order chi connectivity index (χ0) is 25.8.